The molecule has 10 heteroatoms. The molecule has 0 spiro atoms. The van der Waals surface area contributed by atoms with Crippen molar-refractivity contribution in [2.24, 2.45) is 10.9 Å². The minimum Gasteiger partial charge on any atom is -0.481 e. The lowest BCUT2D eigenvalue weighted by Crippen LogP contribution is -2.26. The fraction of sp³-hybridized carbons (Fsp3) is 0.263. The molecular weight excluding hydrogens is 430 g/mol. The normalized spacial score (nSPS) is 18.0. The number of hydrogen-bond acceptors (Lipinski definition) is 6. The number of H-pyrrole nitrogens is 1. The Morgan fingerprint density at radius 3 is 2.90 bits per heavy atom. The molecule has 0 saturated heterocycles. The van der Waals surface area contributed by atoms with Crippen LogP contribution in [0.5, 0.6) is 0 Å². The number of aromatic nitrogens is 1. The number of sulfonamides is 1. The number of carboxylic acid groups (broad SMARTS) is 1. The third-order valence-corrected chi connectivity index (χ3v) is 8.89. The largest absolute Gasteiger partial charge is 0.481 e. The van der Waals surface area contributed by atoms with E-state index in [0.717, 1.165) is 27.5 Å². The van der Waals surface area contributed by atoms with E-state index in [1.165, 1.54) is 11.8 Å². The molecule has 0 saturated carbocycles. The molecule has 1 aromatic carbocycles. The number of carboxylic acids is 1. The Bertz CT molecular complexity index is 1180. The molecule has 2 unspecified atom stereocenters. The molecule has 152 valence electrons. The lowest BCUT2D eigenvalue weighted by atomic mass is 10.0. The van der Waals surface area contributed by atoms with E-state index >= 15 is 0 Å². The number of nitrogens with zero attached hydrogens (tertiary/aromatic N) is 1. The van der Waals surface area contributed by atoms with Crippen LogP contribution < -0.4 is 4.72 Å². The Kier molecular flexibility index (Phi) is 5.41. The summed E-state index contributed by atoms with van der Waals surface area (Å²) in [5.74, 6) is -1.25. The molecule has 3 aromatic rings. The van der Waals surface area contributed by atoms with Gasteiger partial charge in [-0.05, 0) is 30.0 Å². The molecule has 7 nitrogen and oxygen atoms in total. The van der Waals surface area contributed by atoms with Gasteiger partial charge in [0.05, 0.1) is 29.4 Å². The van der Waals surface area contributed by atoms with Gasteiger partial charge in [0.1, 0.15) is 9.25 Å². The number of benzene rings is 1. The van der Waals surface area contributed by atoms with Gasteiger partial charge >= 0.3 is 5.97 Å². The molecule has 3 heterocycles. The molecule has 1 aliphatic heterocycles. The average Bonchev–Trinajstić information content (AvgIpc) is 3.42. The molecule has 29 heavy (non-hydrogen) atoms. The predicted octanol–water partition coefficient (Wildman–Crippen LogP) is 4.00. The first-order valence-electron chi connectivity index (χ1n) is 9.01. The lowest BCUT2D eigenvalue weighted by molar-refractivity contribution is -0.141. The third-order valence-electron chi connectivity index (χ3n) is 4.77. The monoisotopic (exact) mass is 449 g/mol. The second kappa shape index (κ2) is 7.85. The highest BCUT2D eigenvalue weighted by Gasteiger charge is 2.32. The van der Waals surface area contributed by atoms with E-state index in [-0.39, 0.29) is 9.46 Å². The van der Waals surface area contributed by atoms with Crippen LogP contribution in [-0.2, 0) is 14.8 Å². The molecule has 0 aliphatic carbocycles. The Morgan fingerprint density at radius 2 is 2.21 bits per heavy atom. The first-order valence-corrected chi connectivity index (χ1v) is 12.3. The minimum absolute atomic E-state index is 0.101. The third kappa shape index (κ3) is 3.92. The lowest BCUT2D eigenvalue weighted by Gasteiger charge is -2.15. The number of rotatable bonds is 7. The van der Waals surface area contributed by atoms with E-state index in [4.69, 9.17) is 0 Å². The summed E-state index contributed by atoms with van der Waals surface area (Å²) in [7, 11) is -3.66. The summed E-state index contributed by atoms with van der Waals surface area (Å²) >= 11 is 2.61. The van der Waals surface area contributed by atoms with Gasteiger partial charge in [0.25, 0.3) is 10.0 Å². The summed E-state index contributed by atoms with van der Waals surface area (Å²) in [6.45, 7) is 2.32. The smallest absolute Gasteiger partial charge is 0.307 e. The molecule has 0 radical (unpaired) electrons. The molecular formula is C19H19N3O4S3. The summed E-state index contributed by atoms with van der Waals surface area (Å²) < 4.78 is 28.1. The molecule has 1 aliphatic rings. The van der Waals surface area contributed by atoms with E-state index in [0.29, 0.717) is 24.2 Å². The first kappa shape index (κ1) is 20.0. The summed E-state index contributed by atoms with van der Waals surface area (Å²) in [4.78, 5) is 19.2. The zero-order chi connectivity index (χ0) is 20.6. The number of aliphatic carboxylic acids is 1. The van der Waals surface area contributed by atoms with Crippen molar-refractivity contribution in [1.82, 2.24) is 4.98 Å². The highest BCUT2D eigenvalue weighted by molar-refractivity contribution is 8.15. The molecule has 0 fully saturated rings. The second-order valence-electron chi connectivity index (χ2n) is 6.65. The molecule has 4 rings (SSSR count). The van der Waals surface area contributed by atoms with Crippen molar-refractivity contribution in [2.75, 3.05) is 11.3 Å². The topological polar surface area (TPSA) is 112 Å². The van der Waals surface area contributed by atoms with Crippen LogP contribution in [-0.4, -0.2) is 41.3 Å². The Morgan fingerprint density at radius 1 is 1.38 bits per heavy atom. The van der Waals surface area contributed by atoms with Crippen LogP contribution in [0.4, 0.5) is 5.69 Å². The second-order valence-corrected chi connectivity index (χ2v) is 10.7. The number of para-hydroxylation sites is 1. The van der Waals surface area contributed by atoms with Crippen molar-refractivity contribution in [3.05, 3.63) is 47.5 Å². The number of fused-ring (bicyclic) bond motifs is 1. The Hall–Kier alpha value is -2.30. The zero-order valence-corrected chi connectivity index (χ0v) is 17.9. The SMILES string of the molecule is CCC(C(=O)O)C1CN=C(c2cc3cccc(NS(=O)(=O)c4cccs4)c3[nH]2)S1. The maximum absolute atomic E-state index is 12.6. The van der Waals surface area contributed by atoms with Gasteiger partial charge in [0.2, 0.25) is 0 Å². The number of anilines is 1. The Labute approximate surface area is 176 Å². The zero-order valence-electron chi connectivity index (χ0n) is 15.5. The minimum atomic E-state index is -3.66. The number of aromatic amines is 1. The van der Waals surface area contributed by atoms with Crippen molar-refractivity contribution >= 4 is 60.7 Å². The van der Waals surface area contributed by atoms with Crippen molar-refractivity contribution in [1.29, 1.82) is 0 Å². The highest BCUT2D eigenvalue weighted by atomic mass is 32.2. The maximum atomic E-state index is 12.6. The number of thiophene rings is 1. The van der Waals surface area contributed by atoms with Crippen LogP contribution in [0.15, 0.2) is 51.0 Å². The summed E-state index contributed by atoms with van der Waals surface area (Å²) in [5.41, 5.74) is 1.88. The fourth-order valence-electron chi connectivity index (χ4n) is 3.31. The summed E-state index contributed by atoms with van der Waals surface area (Å²) in [6, 6.07) is 10.5. The number of hydrogen-bond donors (Lipinski definition) is 3. The van der Waals surface area contributed by atoms with E-state index < -0.39 is 21.9 Å². The van der Waals surface area contributed by atoms with E-state index in [1.807, 2.05) is 19.1 Å². The number of nitrogens with one attached hydrogen (secondary N) is 2. The van der Waals surface area contributed by atoms with E-state index in [2.05, 4.69) is 14.7 Å². The van der Waals surface area contributed by atoms with Gasteiger partial charge in [0, 0.05) is 10.6 Å². The van der Waals surface area contributed by atoms with Gasteiger partial charge in [-0.2, -0.15) is 0 Å². The van der Waals surface area contributed by atoms with E-state index in [9.17, 15) is 18.3 Å². The molecule has 0 amide bonds. The van der Waals surface area contributed by atoms with Crippen molar-refractivity contribution in [3.8, 4) is 0 Å². The first-order chi connectivity index (χ1) is 13.9. The predicted molar refractivity (Wildman–Crippen MR) is 118 cm³/mol. The van der Waals surface area contributed by atoms with Crippen LogP contribution in [0.2, 0.25) is 0 Å². The van der Waals surface area contributed by atoms with Gasteiger partial charge in [-0.15, -0.1) is 11.3 Å². The van der Waals surface area contributed by atoms with Crippen molar-refractivity contribution in [3.63, 3.8) is 0 Å². The molecule has 0 bridgehead atoms. The van der Waals surface area contributed by atoms with Crippen molar-refractivity contribution < 1.29 is 18.3 Å². The molecule has 3 N–H and O–H groups in total. The maximum Gasteiger partial charge on any atom is 0.307 e. The molecule has 2 atom stereocenters. The number of thioether (sulfide) groups is 1. The fourth-order valence-corrected chi connectivity index (χ4v) is 6.67. The average molecular weight is 450 g/mol. The summed E-state index contributed by atoms with van der Waals surface area (Å²) in [6.07, 6.45) is 0.553. The quantitative estimate of drug-likeness (QED) is 0.505. The molecule has 2 aromatic heterocycles. The van der Waals surface area contributed by atoms with Crippen molar-refractivity contribution in [2.45, 2.75) is 22.8 Å². The van der Waals surface area contributed by atoms with Crippen LogP contribution in [0.3, 0.4) is 0 Å². The van der Waals surface area contributed by atoms with Gasteiger partial charge in [-0.1, -0.05) is 36.9 Å². The van der Waals surface area contributed by atoms with Gasteiger partial charge < -0.3 is 10.1 Å². The van der Waals surface area contributed by atoms with Crippen LogP contribution >= 0.6 is 23.1 Å². The van der Waals surface area contributed by atoms with Gasteiger partial charge in [-0.25, -0.2) is 8.42 Å². The highest BCUT2D eigenvalue weighted by Crippen LogP contribution is 2.34. The summed E-state index contributed by atoms with van der Waals surface area (Å²) in [5, 5.41) is 12.6. The van der Waals surface area contributed by atoms with Crippen LogP contribution in [0, 0.1) is 5.92 Å². The number of carbonyl (C=O) groups is 1. The van der Waals surface area contributed by atoms with Crippen LogP contribution in [0.25, 0.3) is 10.9 Å². The van der Waals surface area contributed by atoms with Gasteiger partial charge in [0.15, 0.2) is 0 Å². The van der Waals surface area contributed by atoms with E-state index in [1.54, 1.807) is 29.6 Å². The Balaban J connectivity index is 1.61. The standard InChI is InChI=1S/C19H19N3O4S3/c1-2-12(19(23)24)15-10-20-18(28-15)14-9-11-5-3-6-13(17(11)21-14)22-29(25,26)16-7-4-8-27-16/h3-9,12,15,21-22H,2,10H2,1H3,(H,23,24). The van der Waals surface area contributed by atoms with Gasteiger partial charge in [-0.3, -0.25) is 14.5 Å². The number of aliphatic imine (C=N–C) groups is 1. The van der Waals surface area contributed by atoms with Crippen LogP contribution in [0.1, 0.15) is 19.0 Å².